The molecule has 146 valence electrons. The van der Waals surface area contributed by atoms with Gasteiger partial charge in [-0.15, -0.1) is 16.8 Å². The molecule has 28 heavy (non-hydrogen) atoms. The number of hydrogen-bond acceptors (Lipinski definition) is 6. The predicted octanol–water partition coefficient (Wildman–Crippen LogP) is 4.87. The number of rotatable bonds is 9. The lowest BCUT2D eigenvalue weighted by atomic mass is 10.2. The number of hydrogen-bond donors (Lipinski definition) is 1. The average Bonchev–Trinajstić information content (AvgIpc) is 3.25. The predicted molar refractivity (Wildman–Crippen MR) is 113 cm³/mol. The van der Waals surface area contributed by atoms with Crippen molar-refractivity contribution >= 4 is 34.0 Å². The molecule has 1 N–H and O–H groups in total. The summed E-state index contributed by atoms with van der Waals surface area (Å²) >= 11 is 2.78. The van der Waals surface area contributed by atoms with Gasteiger partial charge in [0.15, 0.2) is 10.1 Å². The van der Waals surface area contributed by atoms with Gasteiger partial charge in [-0.05, 0) is 37.6 Å². The van der Waals surface area contributed by atoms with E-state index in [1.165, 1.54) is 35.2 Å². The van der Waals surface area contributed by atoms with E-state index >= 15 is 0 Å². The van der Waals surface area contributed by atoms with Gasteiger partial charge in [-0.3, -0.25) is 4.79 Å². The topological polar surface area (TPSA) is 59.8 Å². The summed E-state index contributed by atoms with van der Waals surface area (Å²) in [6.07, 6.45) is 1.82. The lowest BCUT2D eigenvalue weighted by Crippen LogP contribution is -2.06. The molecule has 1 aromatic carbocycles. The van der Waals surface area contributed by atoms with Crippen molar-refractivity contribution in [1.29, 1.82) is 0 Å². The van der Waals surface area contributed by atoms with Crippen LogP contribution in [0.15, 0.2) is 47.3 Å². The van der Waals surface area contributed by atoms with E-state index in [2.05, 4.69) is 26.7 Å². The molecule has 3 rings (SSSR count). The van der Waals surface area contributed by atoms with Crippen LogP contribution >= 0.6 is 23.1 Å². The zero-order valence-electron chi connectivity index (χ0n) is 15.7. The van der Waals surface area contributed by atoms with Gasteiger partial charge in [-0.1, -0.05) is 41.3 Å². The van der Waals surface area contributed by atoms with Gasteiger partial charge in [0, 0.05) is 30.0 Å². The van der Waals surface area contributed by atoms with Crippen molar-refractivity contribution in [3.63, 3.8) is 0 Å². The Kier molecular flexibility index (Phi) is 6.64. The molecular weight excluding hydrogens is 395 g/mol. The van der Waals surface area contributed by atoms with Gasteiger partial charge in [-0.25, -0.2) is 4.39 Å². The molecule has 0 spiro atoms. The molecular formula is C20H21FN4OS2. The maximum atomic E-state index is 12.9. The molecule has 0 atom stereocenters. The molecule has 0 unspecified atom stereocenters. The van der Waals surface area contributed by atoms with Gasteiger partial charge in [0.25, 0.3) is 0 Å². The highest BCUT2D eigenvalue weighted by atomic mass is 32.2. The second-order valence-corrected chi connectivity index (χ2v) is 8.45. The SMILES string of the molecule is C=CCn1c(C)cc(C(=O)CSc2nnc(NCc3ccc(F)cc3)s2)c1C. The third-order valence-corrected chi connectivity index (χ3v) is 6.29. The van der Waals surface area contributed by atoms with Crippen molar-refractivity contribution in [2.45, 2.75) is 31.3 Å². The highest BCUT2D eigenvalue weighted by Crippen LogP contribution is 2.27. The summed E-state index contributed by atoms with van der Waals surface area (Å²) in [5.41, 5.74) is 3.71. The molecule has 2 aromatic heterocycles. The molecule has 0 amide bonds. The summed E-state index contributed by atoms with van der Waals surface area (Å²) in [6.45, 7) is 8.94. The number of benzene rings is 1. The zero-order chi connectivity index (χ0) is 20.1. The van der Waals surface area contributed by atoms with Gasteiger partial charge >= 0.3 is 0 Å². The Morgan fingerprint density at radius 1 is 1.32 bits per heavy atom. The number of aromatic nitrogens is 3. The minimum absolute atomic E-state index is 0.0735. The smallest absolute Gasteiger partial charge is 0.206 e. The second-order valence-electron chi connectivity index (χ2n) is 6.25. The van der Waals surface area contributed by atoms with Crippen molar-refractivity contribution in [2.24, 2.45) is 0 Å². The molecule has 8 heteroatoms. The van der Waals surface area contributed by atoms with Gasteiger partial charge in [-0.2, -0.15) is 0 Å². The fourth-order valence-electron chi connectivity index (χ4n) is 2.82. The lowest BCUT2D eigenvalue weighted by Gasteiger charge is -2.05. The molecule has 0 bridgehead atoms. The van der Waals surface area contributed by atoms with Crippen LogP contribution in [0.1, 0.15) is 27.3 Å². The number of halogens is 1. The zero-order valence-corrected chi connectivity index (χ0v) is 17.4. The van der Waals surface area contributed by atoms with E-state index in [4.69, 9.17) is 0 Å². The largest absolute Gasteiger partial charge is 0.356 e. The molecule has 0 saturated carbocycles. The fourth-order valence-corrected chi connectivity index (χ4v) is 4.45. The van der Waals surface area contributed by atoms with Crippen LogP contribution in [-0.4, -0.2) is 26.3 Å². The summed E-state index contributed by atoms with van der Waals surface area (Å²) in [5, 5.41) is 12.1. The molecule has 0 fully saturated rings. The van der Waals surface area contributed by atoms with E-state index in [-0.39, 0.29) is 11.6 Å². The molecule has 0 saturated heterocycles. The number of nitrogens with one attached hydrogen (secondary N) is 1. The first-order valence-corrected chi connectivity index (χ1v) is 10.5. The standard InChI is InChI=1S/C20H21FN4OS2/c1-4-9-25-13(2)10-17(14(25)3)18(26)12-27-20-24-23-19(28-20)22-11-15-5-7-16(21)8-6-15/h4-8,10H,1,9,11-12H2,2-3H3,(H,22,23). The van der Waals surface area contributed by atoms with Crippen molar-refractivity contribution in [3.8, 4) is 0 Å². The van der Waals surface area contributed by atoms with E-state index in [9.17, 15) is 9.18 Å². The number of thioether (sulfide) groups is 1. The minimum Gasteiger partial charge on any atom is -0.356 e. The Morgan fingerprint density at radius 3 is 2.79 bits per heavy atom. The third-order valence-electron chi connectivity index (χ3n) is 4.28. The minimum atomic E-state index is -0.256. The Balaban J connectivity index is 1.55. The van der Waals surface area contributed by atoms with Crippen molar-refractivity contribution < 1.29 is 9.18 Å². The summed E-state index contributed by atoms with van der Waals surface area (Å²) in [6, 6.07) is 8.23. The molecule has 0 aliphatic heterocycles. The van der Waals surface area contributed by atoms with Crippen LogP contribution in [0.5, 0.6) is 0 Å². The summed E-state index contributed by atoms with van der Waals surface area (Å²) < 4.78 is 15.7. The number of anilines is 1. The third kappa shape index (κ3) is 4.88. The molecule has 2 heterocycles. The molecule has 3 aromatic rings. The van der Waals surface area contributed by atoms with E-state index < -0.39 is 0 Å². The Hall–Kier alpha value is -2.45. The fraction of sp³-hybridized carbons (Fsp3) is 0.250. The van der Waals surface area contributed by atoms with Crippen LogP contribution in [0.4, 0.5) is 9.52 Å². The van der Waals surface area contributed by atoms with E-state index in [0.717, 1.165) is 26.9 Å². The van der Waals surface area contributed by atoms with E-state index in [0.29, 0.717) is 24.0 Å². The summed E-state index contributed by atoms with van der Waals surface area (Å²) in [5.74, 6) is 0.128. The van der Waals surface area contributed by atoms with Gasteiger partial charge < -0.3 is 9.88 Å². The number of nitrogens with zero attached hydrogens (tertiary/aromatic N) is 3. The maximum absolute atomic E-state index is 12.9. The number of ketones is 1. The number of Topliss-reactive ketones (excluding diaryl/α,β-unsaturated/α-hetero) is 1. The Labute approximate surface area is 171 Å². The highest BCUT2D eigenvalue weighted by molar-refractivity contribution is 8.01. The quantitative estimate of drug-likeness (QED) is 0.306. The van der Waals surface area contributed by atoms with Crippen molar-refractivity contribution in [3.05, 3.63) is 71.3 Å². The lowest BCUT2D eigenvalue weighted by molar-refractivity contribution is 0.102. The first-order valence-electron chi connectivity index (χ1n) is 8.73. The monoisotopic (exact) mass is 416 g/mol. The maximum Gasteiger partial charge on any atom is 0.206 e. The summed E-state index contributed by atoms with van der Waals surface area (Å²) in [7, 11) is 0. The highest BCUT2D eigenvalue weighted by Gasteiger charge is 2.16. The number of carbonyl (C=O) groups is 1. The number of allylic oxidation sites excluding steroid dienone is 1. The number of carbonyl (C=O) groups excluding carboxylic acids is 1. The Morgan fingerprint density at radius 2 is 2.07 bits per heavy atom. The molecule has 0 aliphatic rings. The molecule has 0 aliphatic carbocycles. The first-order chi connectivity index (χ1) is 13.5. The van der Waals surface area contributed by atoms with Crippen molar-refractivity contribution in [2.75, 3.05) is 11.1 Å². The van der Waals surface area contributed by atoms with Crippen LogP contribution in [0, 0.1) is 19.7 Å². The normalized spacial score (nSPS) is 10.8. The van der Waals surface area contributed by atoms with Crippen LogP contribution in [0.3, 0.4) is 0 Å². The van der Waals surface area contributed by atoms with Crippen molar-refractivity contribution in [1.82, 2.24) is 14.8 Å². The average molecular weight is 417 g/mol. The van der Waals surface area contributed by atoms with Gasteiger partial charge in [0.1, 0.15) is 5.82 Å². The van der Waals surface area contributed by atoms with Gasteiger partial charge in [0.2, 0.25) is 5.13 Å². The molecule has 5 nitrogen and oxygen atoms in total. The van der Waals surface area contributed by atoms with E-state index in [1.54, 1.807) is 12.1 Å². The van der Waals surface area contributed by atoms with Crippen LogP contribution in [0.2, 0.25) is 0 Å². The Bertz CT molecular complexity index is 979. The van der Waals surface area contributed by atoms with Crippen LogP contribution in [-0.2, 0) is 13.1 Å². The van der Waals surface area contributed by atoms with E-state index in [1.807, 2.05) is 26.0 Å². The number of aryl methyl sites for hydroxylation is 1. The summed E-state index contributed by atoms with van der Waals surface area (Å²) in [4.78, 5) is 12.6. The molecule has 0 radical (unpaired) electrons. The second kappa shape index (κ2) is 9.16. The van der Waals surface area contributed by atoms with Crippen LogP contribution < -0.4 is 5.32 Å². The van der Waals surface area contributed by atoms with Crippen LogP contribution in [0.25, 0.3) is 0 Å². The first kappa shape index (κ1) is 20.3. The van der Waals surface area contributed by atoms with Gasteiger partial charge in [0.05, 0.1) is 5.75 Å².